The number of fused-ring (bicyclic) bond motifs is 2. The molecule has 0 saturated heterocycles. The summed E-state index contributed by atoms with van der Waals surface area (Å²) in [5.74, 6) is -0.355. The summed E-state index contributed by atoms with van der Waals surface area (Å²) in [6.45, 7) is 19.5. The van der Waals surface area contributed by atoms with E-state index in [0.717, 1.165) is 0 Å². The Hall–Kier alpha value is -2.54. The SMILES string of the molecule is CC1=Cc2c(-c3ccc(C(C)(C)C)cc3)cccc2[CH]1[Zr]([CH]1C(C(C)C)=Cc2c(-c3ccccc3)cccc21)[SiH](C)C. The normalized spacial score (nSPS) is 17.8. The van der Waals surface area contributed by atoms with Crippen LogP contribution in [0.15, 0.2) is 102 Å². The quantitative estimate of drug-likeness (QED) is 0.183. The third-order valence-electron chi connectivity index (χ3n) is 9.52. The van der Waals surface area contributed by atoms with Crippen molar-refractivity contribution >= 4 is 18.1 Å². The van der Waals surface area contributed by atoms with Gasteiger partial charge in [-0.3, -0.25) is 0 Å². The van der Waals surface area contributed by atoms with Crippen LogP contribution in [0.4, 0.5) is 0 Å². The molecule has 4 aromatic carbocycles. The summed E-state index contributed by atoms with van der Waals surface area (Å²) in [6, 6.07) is 34.7. The molecule has 0 bridgehead atoms. The second-order valence-electron chi connectivity index (χ2n) is 14.0. The van der Waals surface area contributed by atoms with E-state index in [4.69, 9.17) is 0 Å². The molecule has 213 valence electrons. The molecule has 2 atom stereocenters. The Morgan fingerprint density at radius 2 is 1.19 bits per heavy atom. The summed E-state index contributed by atoms with van der Waals surface area (Å²) < 4.78 is 1.31. The van der Waals surface area contributed by atoms with Gasteiger partial charge in [0.2, 0.25) is 0 Å². The van der Waals surface area contributed by atoms with Crippen LogP contribution < -0.4 is 0 Å². The van der Waals surface area contributed by atoms with Gasteiger partial charge in [-0.1, -0.05) is 0 Å². The molecule has 0 fully saturated rings. The Labute approximate surface area is 262 Å². The Morgan fingerprint density at radius 3 is 1.74 bits per heavy atom. The number of hydrogen-bond acceptors (Lipinski definition) is 0. The fourth-order valence-corrected chi connectivity index (χ4v) is 30.7. The van der Waals surface area contributed by atoms with Crippen LogP contribution >= 0.6 is 0 Å². The van der Waals surface area contributed by atoms with Crippen molar-refractivity contribution in [2.75, 3.05) is 0 Å². The molecular weight excluding hydrogens is 600 g/mol. The first kappa shape index (κ1) is 29.5. The second kappa shape index (κ2) is 11.5. The van der Waals surface area contributed by atoms with E-state index in [-0.39, 0.29) is 5.41 Å². The van der Waals surface area contributed by atoms with Crippen molar-refractivity contribution in [3.63, 3.8) is 0 Å². The Balaban J connectivity index is 1.46. The van der Waals surface area contributed by atoms with Crippen LogP contribution in [0.2, 0.25) is 13.1 Å². The van der Waals surface area contributed by atoms with E-state index in [1.54, 1.807) is 22.3 Å². The molecule has 2 aliphatic carbocycles. The molecule has 4 aromatic rings. The number of rotatable bonds is 6. The molecule has 0 aromatic heterocycles. The average Bonchev–Trinajstić information content (AvgIpc) is 3.51. The van der Waals surface area contributed by atoms with Crippen molar-refractivity contribution in [2.45, 2.75) is 67.3 Å². The molecule has 2 unspecified atom stereocenters. The van der Waals surface area contributed by atoms with Gasteiger partial charge in [-0.25, -0.2) is 0 Å². The van der Waals surface area contributed by atoms with Gasteiger partial charge in [0.15, 0.2) is 0 Å². The van der Waals surface area contributed by atoms with E-state index in [2.05, 4.69) is 158 Å². The zero-order valence-electron chi connectivity index (χ0n) is 26.6. The monoisotopic (exact) mass is 643 g/mol. The van der Waals surface area contributed by atoms with Gasteiger partial charge in [0.05, 0.1) is 0 Å². The molecule has 6 rings (SSSR count). The Morgan fingerprint density at radius 1 is 0.643 bits per heavy atom. The minimum absolute atomic E-state index is 0.168. The number of allylic oxidation sites excluding steroid dienone is 2. The van der Waals surface area contributed by atoms with Gasteiger partial charge in [-0.05, 0) is 0 Å². The third-order valence-corrected chi connectivity index (χ3v) is 31.4. The summed E-state index contributed by atoms with van der Waals surface area (Å²) in [4.78, 5) is 0. The predicted octanol–water partition coefficient (Wildman–Crippen LogP) is 11.2. The molecule has 0 spiro atoms. The molecule has 0 amide bonds. The summed E-state index contributed by atoms with van der Waals surface area (Å²) in [5, 5.41) is 0. The van der Waals surface area contributed by atoms with Crippen LogP contribution in [0.5, 0.6) is 0 Å². The van der Waals surface area contributed by atoms with Gasteiger partial charge in [-0.2, -0.15) is 0 Å². The van der Waals surface area contributed by atoms with Crippen molar-refractivity contribution in [3.05, 3.63) is 130 Å². The van der Waals surface area contributed by atoms with Gasteiger partial charge < -0.3 is 0 Å². The minimum atomic E-state index is -2.12. The molecule has 42 heavy (non-hydrogen) atoms. The maximum atomic E-state index is 2.67. The molecule has 0 saturated carbocycles. The van der Waals surface area contributed by atoms with Gasteiger partial charge in [-0.15, -0.1) is 0 Å². The number of hydrogen-bond donors (Lipinski definition) is 0. The van der Waals surface area contributed by atoms with Crippen LogP contribution in [0, 0.1) is 5.92 Å². The van der Waals surface area contributed by atoms with E-state index in [9.17, 15) is 0 Å². The van der Waals surface area contributed by atoms with Gasteiger partial charge in [0.25, 0.3) is 0 Å². The maximum absolute atomic E-state index is 2.67. The predicted molar refractivity (Wildman–Crippen MR) is 183 cm³/mol. The van der Waals surface area contributed by atoms with Crippen molar-refractivity contribution in [3.8, 4) is 22.3 Å². The third kappa shape index (κ3) is 5.24. The van der Waals surface area contributed by atoms with E-state index >= 15 is 0 Å². The first-order chi connectivity index (χ1) is 20.1. The standard InChI is InChI=1S/C20H21.C18H17.C2H7Si.Zr/c1-14-12-16-6-5-7-18(19(16)13-14)15-8-10-17(11-9-15)20(2,3)4;1-13(2)16-11-15-9-6-10-17(18(15)12-16)14-7-4-3-5-8-14;1-3-2;/h5-13H,1-4H3;3-13H,1-2H3;3H,1-2H3;. The molecule has 0 aliphatic heterocycles. The second-order valence-corrected chi connectivity index (χ2v) is 34.1. The first-order valence-corrected chi connectivity index (χ1v) is 25.7. The van der Waals surface area contributed by atoms with E-state index < -0.39 is 26.8 Å². The Bertz CT molecular complexity index is 1670. The van der Waals surface area contributed by atoms with Crippen molar-refractivity contribution in [1.82, 2.24) is 0 Å². The van der Waals surface area contributed by atoms with Crippen molar-refractivity contribution < 1.29 is 20.9 Å². The van der Waals surface area contributed by atoms with Gasteiger partial charge >= 0.3 is 264 Å². The number of benzene rings is 4. The molecule has 0 heterocycles. The first-order valence-electron chi connectivity index (χ1n) is 15.7. The molecule has 2 aliphatic rings. The summed E-state index contributed by atoms with van der Waals surface area (Å²) >= 11 is -2.12. The Kier molecular flexibility index (Phi) is 8.10. The molecule has 2 heteroatoms. The summed E-state index contributed by atoms with van der Waals surface area (Å²) in [7, 11) is 0. The van der Waals surface area contributed by atoms with Crippen molar-refractivity contribution in [2.24, 2.45) is 5.92 Å². The van der Waals surface area contributed by atoms with Gasteiger partial charge in [0.1, 0.15) is 0 Å². The van der Waals surface area contributed by atoms with Crippen LogP contribution in [0.1, 0.15) is 76.6 Å². The fraction of sp³-hybridized carbons (Fsp3) is 0.300. The van der Waals surface area contributed by atoms with Crippen LogP contribution in [0.3, 0.4) is 0 Å². The zero-order chi connectivity index (χ0) is 29.8. The summed E-state index contributed by atoms with van der Waals surface area (Å²) in [6.07, 6.45) is 5.19. The van der Waals surface area contributed by atoms with E-state index in [1.807, 2.05) is 0 Å². The van der Waals surface area contributed by atoms with Crippen LogP contribution in [-0.2, 0) is 26.3 Å². The van der Waals surface area contributed by atoms with E-state index in [0.29, 0.717) is 13.2 Å². The molecule has 0 nitrogen and oxygen atoms in total. The molecule has 0 N–H and O–H groups in total. The van der Waals surface area contributed by atoms with Crippen molar-refractivity contribution in [1.29, 1.82) is 0 Å². The van der Waals surface area contributed by atoms with Crippen LogP contribution in [-0.4, -0.2) is 5.92 Å². The average molecular weight is 645 g/mol. The van der Waals surface area contributed by atoms with Gasteiger partial charge in [0, 0.05) is 0 Å². The molecular formula is C40H45SiZr. The topological polar surface area (TPSA) is 0 Å². The molecule has 0 radical (unpaired) electrons. The zero-order valence-corrected chi connectivity index (χ0v) is 30.2. The summed E-state index contributed by atoms with van der Waals surface area (Å²) in [5.41, 5.74) is 16.6. The fourth-order valence-electron chi connectivity index (χ4n) is 7.40. The van der Waals surface area contributed by atoms with E-state index in [1.165, 1.54) is 38.9 Å². The van der Waals surface area contributed by atoms with Crippen LogP contribution in [0.25, 0.3) is 34.4 Å².